The first-order valence-electron chi connectivity index (χ1n) is 9.88. The Hall–Kier alpha value is -3.98. The van der Waals surface area contributed by atoms with Gasteiger partial charge in [0, 0.05) is 22.5 Å². The first kappa shape index (κ1) is 18.1. The van der Waals surface area contributed by atoms with Crippen molar-refractivity contribution in [3.8, 4) is 0 Å². The van der Waals surface area contributed by atoms with Crippen molar-refractivity contribution in [2.75, 3.05) is 5.32 Å². The summed E-state index contributed by atoms with van der Waals surface area (Å²) in [5.74, 6) is -0.337. The highest BCUT2D eigenvalue weighted by Crippen LogP contribution is 2.45. The predicted molar refractivity (Wildman–Crippen MR) is 118 cm³/mol. The SMILES string of the molecule is O=C1c2ccccc2C(=O)C1(c1ccccc1)c1ccc(Nc2ccccc2)cc1. The molecule has 0 saturated heterocycles. The summed E-state index contributed by atoms with van der Waals surface area (Å²) in [6.07, 6.45) is 0. The largest absolute Gasteiger partial charge is 0.356 e. The van der Waals surface area contributed by atoms with Crippen molar-refractivity contribution < 1.29 is 9.59 Å². The van der Waals surface area contributed by atoms with Gasteiger partial charge in [0.25, 0.3) is 0 Å². The molecule has 1 aliphatic carbocycles. The molecule has 4 aromatic rings. The third-order valence-corrected chi connectivity index (χ3v) is 5.68. The normalized spacial score (nSPS) is 14.4. The molecule has 5 rings (SSSR count). The number of nitrogens with one attached hydrogen (secondary N) is 1. The van der Waals surface area contributed by atoms with Crippen molar-refractivity contribution >= 4 is 22.9 Å². The number of para-hydroxylation sites is 1. The summed E-state index contributed by atoms with van der Waals surface area (Å²) in [6.45, 7) is 0. The number of anilines is 2. The Morgan fingerprint density at radius 1 is 0.467 bits per heavy atom. The summed E-state index contributed by atoms with van der Waals surface area (Å²) in [5.41, 5.74) is 2.86. The van der Waals surface area contributed by atoms with E-state index in [4.69, 9.17) is 0 Å². The number of ketones is 2. The molecule has 0 bridgehead atoms. The topological polar surface area (TPSA) is 46.2 Å². The molecule has 0 amide bonds. The average Bonchev–Trinajstić information content (AvgIpc) is 3.04. The minimum atomic E-state index is -1.35. The Morgan fingerprint density at radius 3 is 1.47 bits per heavy atom. The van der Waals surface area contributed by atoms with Gasteiger partial charge in [-0.25, -0.2) is 0 Å². The molecule has 0 atom stereocenters. The third-order valence-electron chi connectivity index (χ3n) is 5.68. The maximum absolute atomic E-state index is 13.7. The van der Waals surface area contributed by atoms with Crippen LogP contribution in [-0.4, -0.2) is 11.6 Å². The molecule has 1 N–H and O–H groups in total. The molecule has 0 radical (unpaired) electrons. The fourth-order valence-electron chi connectivity index (χ4n) is 4.26. The monoisotopic (exact) mass is 389 g/mol. The first-order chi connectivity index (χ1) is 14.7. The van der Waals surface area contributed by atoms with Crippen molar-refractivity contribution in [1.82, 2.24) is 0 Å². The van der Waals surface area contributed by atoms with Crippen molar-refractivity contribution in [3.05, 3.63) is 131 Å². The molecule has 0 aromatic heterocycles. The fraction of sp³-hybridized carbons (Fsp3) is 0.0370. The lowest BCUT2D eigenvalue weighted by Crippen LogP contribution is -2.39. The molecular weight excluding hydrogens is 370 g/mol. The lowest BCUT2D eigenvalue weighted by molar-refractivity contribution is 0.0829. The number of fused-ring (bicyclic) bond motifs is 1. The van der Waals surface area contributed by atoms with Gasteiger partial charge in [0.1, 0.15) is 5.41 Å². The van der Waals surface area contributed by atoms with E-state index in [1.807, 2.05) is 84.9 Å². The molecule has 0 saturated carbocycles. The Morgan fingerprint density at radius 2 is 0.900 bits per heavy atom. The van der Waals surface area contributed by atoms with Crippen LogP contribution in [-0.2, 0) is 5.41 Å². The number of carbonyl (C=O) groups excluding carboxylic acids is 2. The molecule has 3 nitrogen and oxygen atoms in total. The molecule has 0 unspecified atom stereocenters. The number of carbonyl (C=O) groups is 2. The van der Waals surface area contributed by atoms with Crippen molar-refractivity contribution in [3.63, 3.8) is 0 Å². The van der Waals surface area contributed by atoms with E-state index in [0.29, 0.717) is 22.3 Å². The smallest absolute Gasteiger partial charge is 0.186 e. The van der Waals surface area contributed by atoms with Gasteiger partial charge in [0.05, 0.1) is 0 Å². The molecule has 0 aliphatic heterocycles. The second-order valence-corrected chi connectivity index (χ2v) is 7.39. The van der Waals surface area contributed by atoms with Gasteiger partial charge in [-0.2, -0.15) is 0 Å². The summed E-state index contributed by atoms with van der Waals surface area (Å²) in [4.78, 5) is 27.3. The van der Waals surface area contributed by atoms with Gasteiger partial charge in [0.15, 0.2) is 11.6 Å². The molecule has 4 aromatic carbocycles. The van der Waals surface area contributed by atoms with E-state index in [0.717, 1.165) is 11.4 Å². The van der Waals surface area contributed by atoms with Crippen LogP contribution in [0.25, 0.3) is 0 Å². The predicted octanol–water partition coefficient (Wildman–Crippen LogP) is 5.80. The highest BCUT2D eigenvalue weighted by Gasteiger charge is 2.55. The van der Waals surface area contributed by atoms with E-state index >= 15 is 0 Å². The summed E-state index contributed by atoms with van der Waals surface area (Å²) in [6, 6.07) is 33.9. The van der Waals surface area contributed by atoms with Crippen molar-refractivity contribution in [2.45, 2.75) is 5.41 Å². The Balaban J connectivity index is 1.63. The van der Waals surface area contributed by atoms with Crippen LogP contribution in [0.15, 0.2) is 109 Å². The van der Waals surface area contributed by atoms with Crippen LogP contribution in [0.4, 0.5) is 11.4 Å². The standard InChI is InChI=1S/C27H19NO2/c29-25-23-13-7-8-14-24(23)26(30)27(25,19-9-3-1-4-10-19)20-15-17-22(18-16-20)28-21-11-5-2-6-12-21/h1-18,28H. The Labute approximate surface area is 175 Å². The zero-order valence-electron chi connectivity index (χ0n) is 16.2. The van der Waals surface area contributed by atoms with Crippen LogP contribution in [0.2, 0.25) is 0 Å². The molecule has 0 spiro atoms. The number of hydrogen-bond acceptors (Lipinski definition) is 3. The van der Waals surface area contributed by atoms with Crippen molar-refractivity contribution in [1.29, 1.82) is 0 Å². The molecular formula is C27H19NO2. The molecule has 1 aliphatic rings. The van der Waals surface area contributed by atoms with Crippen LogP contribution in [0.1, 0.15) is 31.8 Å². The van der Waals surface area contributed by atoms with Gasteiger partial charge in [-0.15, -0.1) is 0 Å². The van der Waals surface area contributed by atoms with Gasteiger partial charge in [0.2, 0.25) is 0 Å². The van der Waals surface area contributed by atoms with E-state index in [-0.39, 0.29) is 11.6 Å². The Kier molecular flexibility index (Phi) is 4.29. The molecule has 144 valence electrons. The Bertz CT molecular complexity index is 1190. The van der Waals surface area contributed by atoms with Crippen molar-refractivity contribution in [2.24, 2.45) is 0 Å². The van der Waals surface area contributed by atoms with E-state index in [2.05, 4.69) is 5.32 Å². The fourth-order valence-corrected chi connectivity index (χ4v) is 4.26. The van der Waals surface area contributed by atoms with E-state index in [9.17, 15) is 9.59 Å². The number of rotatable bonds is 4. The van der Waals surface area contributed by atoms with E-state index < -0.39 is 5.41 Å². The molecule has 0 fully saturated rings. The van der Waals surface area contributed by atoms with Gasteiger partial charge >= 0.3 is 0 Å². The molecule has 3 heteroatoms. The van der Waals surface area contributed by atoms with Crippen LogP contribution in [0, 0.1) is 0 Å². The van der Waals surface area contributed by atoms with Gasteiger partial charge in [-0.1, -0.05) is 84.9 Å². The lowest BCUT2D eigenvalue weighted by Gasteiger charge is -2.27. The van der Waals surface area contributed by atoms with Gasteiger partial charge in [-0.3, -0.25) is 9.59 Å². The second-order valence-electron chi connectivity index (χ2n) is 7.39. The zero-order valence-corrected chi connectivity index (χ0v) is 16.2. The maximum Gasteiger partial charge on any atom is 0.186 e. The number of benzene rings is 4. The second kappa shape index (κ2) is 7.12. The minimum absolute atomic E-state index is 0.168. The first-order valence-corrected chi connectivity index (χ1v) is 9.88. The van der Waals surface area contributed by atoms with Gasteiger partial charge < -0.3 is 5.32 Å². The zero-order chi connectivity index (χ0) is 20.6. The molecule has 0 heterocycles. The van der Waals surface area contributed by atoms with E-state index in [1.165, 1.54) is 0 Å². The van der Waals surface area contributed by atoms with E-state index in [1.54, 1.807) is 24.3 Å². The average molecular weight is 389 g/mol. The van der Waals surface area contributed by atoms with Crippen LogP contribution in [0.5, 0.6) is 0 Å². The summed E-state index contributed by atoms with van der Waals surface area (Å²) >= 11 is 0. The summed E-state index contributed by atoms with van der Waals surface area (Å²) in [5, 5.41) is 3.34. The quantitative estimate of drug-likeness (QED) is 0.449. The maximum atomic E-state index is 13.7. The van der Waals surface area contributed by atoms with Gasteiger partial charge in [-0.05, 0) is 35.4 Å². The summed E-state index contributed by atoms with van der Waals surface area (Å²) in [7, 11) is 0. The number of Topliss-reactive ketones (excluding diaryl/α,β-unsaturated/α-hetero) is 2. The number of hydrogen-bond donors (Lipinski definition) is 1. The minimum Gasteiger partial charge on any atom is -0.356 e. The van der Waals surface area contributed by atoms with Crippen LogP contribution < -0.4 is 5.32 Å². The highest BCUT2D eigenvalue weighted by molar-refractivity contribution is 6.35. The lowest BCUT2D eigenvalue weighted by atomic mass is 9.70. The third kappa shape index (κ3) is 2.67. The molecule has 30 heavy (non-hydrogen) atoms. The summed E-state index contributed by atoms with van der Waals surface area (Å²) < 4.78 is 0. The highest BCUT2D eigenvalue weighted by atomic mass is 16.2. The van der Waals surface area contributed by atoms with Crippen LogP contribution >= 0.6 is 0 Å². The van der Waals surface area contributed by atoms with Crippen LogP contribution in [0.3, 0.4) is 0 Å².